The van der Waals surface area contributed by atoms with Crippen LogP contribution in [0.2, 0.25) is 0 Å². The minimum atomic E-state index is 0.0289. The van der Waals surface area contributed by atoms with Gasteiger partial charge in [-0.25, -0.2) is 4.79 Å². The smallest absolute Gasteiger partial charge is 0.317 e. The molecule has 1 aliphatic heterocycles. The molecule has 0 aliphatic carbocycles. The van der Waals surface area contributed by atoms with Crippen LogP contribution in [-0.4, -0.2) is 37.1 Å². The Kier molecular flexibility index (Phi) is 5.27. The summed E-state index contributed by atoms with van der Waals surface area (Å²) in [6.45, 7) is 10.2. The van der Waals surface area contributed by atoms with E-state index in [1.165, 1.54) is 22.4 Å². The van der Waals surface area contributed by atoms with Gasteiger partial charge in [0.1, 0.15) is 0 Å². The number of amides is 2. The molecule has 3 rings (SSSR count). The fraction of sp³-hybridized carbons (Fsp3) is 0.381. The molecule has 1 aliphatic rings. The van der Waals surface area contributed by atoms with Crippen molar-refractivity contribution in [1.29, 1.82) is 0 Å². The SMILES string of the molecule is Cc1ccc(CNC(=O)N2CCN(c3cccc(C)c3C)CC2)cc1. The summed E-state index contributed by atoms with van der Waals surface area (Å²) < 4.78 is 0. The van der Waals surface area contributed by atoms with Crippen molar-refractivity contribution in [2.75, 3.05) is 31.1 Å². The average Bonchev–Trinajstić information content (AvgIpc) is 2.63. The van der Waals surface area contributed by atoms with Gasteiger partial charge in [0.05, 0.1) is 0 Å². The fourth-order valence-electron chi connectivity index (χ4n) is 3.22. The predicted molar refractivity (Wildman–Crippen MR) is 103 cm³/mol. The molecule has 1 fully saturated rings. The minimum Gasteiger partial charge on any atom is -0.368 e. The summed E-state index contributed by atoms with van der Waals surface area (Å²) in [5, 5.41) is 3.03. The van der Waals surface area contributed by atoms with Crippen molar-refractivity contribution in [3.05, 3.63) is 64.7 Å². The Morgan fingerprint density at radius 1 is 0.960 bits per heavy atom. The Balaban J connectivity index is 1.52. The number of anilines is 1. The second kappa shape index (κ2) is 7.60. The number of aryl methyl sites for hydroxylation is 2. The summed E-state index contributed by atoms with van der Waals surface area (Å²) in [5.41, 5.74) is 6.31. The topological polar surface area (TPSA) is 35.6 Å². The lowest BCUT2D eigenvalue weighted by Crippen LogP contribution is -2.51. The van der Waals surface area contributed by atoms with Crippen LogP contribution in [-0.2, 0) is 6.54 Å². The number of urea groups is 1. The van der Waals surface area contributed by atoms with Crippen molar-refractivity contribution in [1.82, 2.24) is 10.2 Å². The zero-order chi connectivity index (χ0) is 17.8. The van der Waals surface area contributed by atoms with E-state index in [1.807, 2.05) is 4.90 Å². The van der Waals surface area contributed by atoms with Gasteiger partial charge in [-0.3, -0.25) is 0 Å². The summed E-state index contributed by atoms with van der Waals surface area (Å²) >= 11 is 0. The van der Waals surface area contributed by atoms with Gasteiger partial charge in [0, 0.05) is 38.4 Å². The summed E-state index contributed by atoms with van der Waals surface area (Å²) in [5.74, 6) is 0. The van der Waals surface area contributed by atoms with Gasteiger partial charge in [0.25, 0.3) is 0 Å². The number of nitrogens with one attached hydrogen (secondary N) is 1. The molecule has 0 atom stereocenters. The quantitative estimate of drug-likeness (QED) is 0.928. The Bertz CT molecular complexity index is 731. The second-order valence-corrected chi connectivity index (χ2v) is 6.84. The monoisotopic (exact) mass is 337 g/mol. The highest BCUT2D eigenvalue weighted by Gasteiger charge is 2.22. The molecule has 2 amide bonds. The first-order valence-corrected chi connectivity index (χ1v) is 8.94. The normalized spacial score (nSPS) is 14.5. The van der Waals surface area contributed by atoms with Gasteiger partial charge in [-0.1, -0.05) is 42.0 Å². The zero-order valence-electron chi connectivity index (χ0n) is 15.4. The van der Waals surface area contributed by atoms with Crippen molar-refractivity contribution < 1.29 is 4.79 Å². The van der Waals surface area contributed by atoms with E-state index in [1.54, 1.807) is 0 Å². The largest absolute Gasteiger partial charge is 0.368 e. The summed E-state index contributed by atoms with van der Waals surface area (Å²) in [7, 11) is 0. The first-order chi connectivity index (χ1) is 12.0. The molecule has 2 aromatic rings. The van der Waals surface area contributed by atoms with E-state index in [9.17, 15) is 4.79 Å². The standard InChI is InChI=1S/C21H27N3O/c1-16-7-9-19(10-8-16)15-22-21(25)24-13-11-23(12-14-24)20-6-4-5-17(2)18(20)3/h4-10H,11-15H2,1-3H3,(H,22,25). The first kappa shape index (κ1) is 17.3. The van der Waals surface area contributed by atoms with Crippen LogP contribution in [0.4, 0.5) is 10.5 Å². The number of benzene rings is 2. The van der Waals surface area contributed by atoms with Gasteiger partial charge in [0.2, 0.25) is 0 Å². The molecule has 0 spiro atoms. The molecule has 0 unspecified atom stereocenters. The van der Waals surface area contributed by atoms with Crippen molar-refractivity contribution in [3.8, 4) is 0 Å². The summed E-state index contributed by atoms with van der Waals surface area (Å²) in [4.78, 5) is 16.7. The van der Waals surface area contributed by atoms with Gasteiger partial charge in [-0.2, -0.15) is 0 Å². The molecule has 1 N–H and O–H groups in total. The number of carbonyl (C=O) groups excluding carboxylic acids is 1. The Morgan fingerprint density at radius 3 is 2.32 bits per heavy atom. The predicted octanol–water partition coefficient (Wildman–Crippen LogP) is 3.64. The van der Waals surface area contributed by atoms with Crippen LogP contribution < -0.4 is 10.2 Å². The van der Waals surface area contributed by atoms with Crippen molar-refractivity contribution >= 4 is 11.7 Å². The van der Waals surface area contributed by atoms with Gasteiger partial charge in [-0.15, -0.1) is 0 Å². The third-order valence-corrected chi connectivity index (χ3v) is 5.05. The van der Waals surface area contributed by atoms with E-state index in [0.29, 0.717) is 6.54 Å². The highest BCUT2D eigenvalue weighted by Crippen LogP contribution is 2.23. The molecular weight excluding hydrogens is 310 g/mol. The molecule has 132 valence electrons. The lowest BCUT2D eigenvalue weighted by atomic mass is 10.1. The van der Waals surface area contributed by atoms with Crippen molar-refractivity contribution in [2.45, 2.75) is 27.3 Å². The summed E-state index contributed by atoms with van der Waals surface area (Å²) in [6, 6.07) is 14.7. The number of nitrogens with zero attached hydrogens (tertiary/aromatic N) is 2. The lowest BCUT2D eigenvalue weighted by Gasteiger charge is -2.37. The maximum atomic E-state index is 12.4. The molecule has 25 heavy (non-hydrogen) atoms. The van der Waals surface area contributed by atoms with E-state index in [-0.39, 0.29) is 6.03 Å². The van der Waals surface area contributed by atoms with Crippen LogP contribution in [0.5, 0.6) is 0 Å². The summed E-state index contributed by atoms with van der Waals surface area (Å²) in [6.07, 6.45) is 0. The fourth-order valence-corrected chi connectivity index (χ4v) is 3.22. The number of rotatable bonds is 3. The van der Waals surface area contributed by atoms with Crippen LogP contribution in [0.3, 0.4) is 0 Å². The number of carbonyl (C=O) groups is 1. The van der Waals surface area contributed by atoms with E-state index >= 15 is 0 Å². The third-order valence-electron chi connectivity index (χ3n) is 5.05. The van der Waals surface area contributed by atoms with E-state index in [0.717, 1.165) is 31.7 Å². The second-order valence-electron chi connectivity index (χ2n) is 6.84. The lowest BCUT2D eigenvalue weighted by molar-refractivity contribution is 0.194. The average molecular weight is 337 g/mol. The molecule has 2 aromatic carbocycles. The van der Waals surface area contributed by atoms with Crippen LogP contribution in [0.1, 0.15) is 22.3 Å². The maximum Gasteiger partial charge on any atom is 0.317 e. The number of hydrogen-bond acceptors (Lipinski definition) is 2. The highest BCUT2D eigenvalue weighted by molar-refractivity contribution is 5.74. The van der Waals surface area contributed by atoms with Crippen molar-refractivity contribution in [3.63, 3.8) is 0 Å². The van der Waals surface area contributed by atoms with Crippen LogP contribution in [0.25, 0.3) is 0 Å². The van der Waals surface area contributed by atoms with Crippen LogP contribution in [0.15, 0.2) is 42.5 Å². The maximum absolute atomic E-state index is 12.4. The Morgan fingerprint density at radius 2 is 1.64 bits per heavy atom. The van der Waals surface area contributed by atoms with Gasteiger partial charge in [-0.05, 0) is 43.5 Å². The Labute approximate surface area is 150 Å². The molecule has 4 heteroatoms. The molecule has 1 heterocycles. The van der Waals surface area contributed by atoms with Crippen LogP contribution in [0, 0.1) is 20.8 Å². The van der Waals surface area contributed by atoms with Gasteiger partial charge in [0.15, 0.2) is 0 Å². The molecule has 0 saturated carbocycles. The van der Waals surface area contributed by atoms with E-state index in [2.05, 4.69) is 73.5 Å². The first-order valence-electron chi connectivity index (χ1n) is 8.94. The highest BCUT2D eigenvalue weighted by atomic mass is 16.2. The minimum absolute atomic E-state index is 0.0289. The van der Waals surface area contributed by atoms with Crippen molar-refractivity contribution in [2.24, 2.45) is 0 Å². The molecule has 4 nitrogen and oxygen atoms in total. The number of piperazine rings is 1. The van der Waals surface area contributed by atoms with E-state index < -0.39 is 0 Å². The molecule has 0 radical (unpaired) electrons. The zero-order valence-corrected chi connectivity index (χ0v) is 15.4. The van der Waals surface area contributed by atoms with Gasteiger partial charge < -0.3 is 15.1 Å². The van der Waals surface area contributed by atoms with E-state index in [4.69, 9.17) is 0 Å². The van der Waals surface area contributed by atoms with Crippen LogP contribution >= 0.6 is 0 Å². The third kappa shape index (κ3) is 4.13. The molecular formula is C21H27N3O. The molecule has 0 aromatic heterocycles. The van der Waals surface area contributed by atoms with Gasteiger partial charge >= 0.3 is 6.03 Å². The molecule has 1 saturated heterocycles. The number of hydrogen-bond donors (Lipinski definition) is 1. The Hall–Kier alpha value is -2.49. The molecule has 0 bridgehead atoms.